The molecular formula is C22H16N6O3. The number of pyridine rings is 2. The van der Waals surface area contributed by atoms with Crippen molar-refractivity contribution < 1.29 is 14.3 Å². The second kappa shape index (κ2) is 7.45. The molecule has 0 fully saturated rings. The van der Waals surface area contributed by atoms with E-state index in [0.717, 1.165) is 10.9 Å². The Balaban J connectivity index is 1.74. The minimum atomic E-state index is -0.255. The van der Waals surface area contributed by atoms with E-state index in [1.807, 2.05) is 30.3 Å². The van der Waals surface area contributed by atoms with Gasteiger partial charge in [0.2, 0.25) is 11.6 Å². The van der Waals surface area contributed by atoms with Crippen LogP contribution in [-0.2, 0) is 0 Å². The van der Waals surface area contributed by atoms with Gasteiger partial charge >= 0.3 is 0 Å². The summed E-state index contributed by atoms with van der Waals surface area (Å²) in [6.07, 6.45) is 3.12. The molecule has 0 spiro atoms. The molecule has 0 atom stereocenters. The lowest BCUT2D eigenvalue weighted by Gasteiger charge is -2.13. The minimum absolute atomic E-state index is 0.255. The molecule has 0 bridgehead atoms. The van der Waals surface area contributed by atoms with E-state index in [1.165, 1.54) is 7.11 Å². The van der Waals surface area contributed by atoms with Crippen LogP contribution in [0.3, 0.4) is 0 Å². The van der Waals surface area contributed by atoms with E-state index in [1.54, 1.807) is 31.6 Å². The normalized spacial score (nSPS) is 11.0. The zero-order valence-electron chi connectivity index (χ0n) is 16.7. The van der Waals surface area contributed by atoms with Crippen LogP contribution in [0.1, 0.15) is 16.1 Å². The second-order valence-electron chi connectivity index (χ2n) is 6.75. The lowest BCUT2D eigenvalue weighted by molar-refractivity contribution is 0.103. The van der Waals surface area contributed by atoms with Crippen molar-refractivity contribution in [3.8, 4) is 22.9 Å². The number of tetrazole rings is 1. The fourth-order valence-corrected chi connectivity index (χ4v) is 3.53. The zero-order valence-corrected chi connectivity index (χ0v) is 16.7. The van der Waals surface area contributed by atoms with Crippen molar-refractivity contribution in [1.29, 1.82) is 0 Å². The summed E-state index contributed by atoms with van der Waals surface area (Å²) >= 11 is 0. The number of benzene rings is 2. The van der Waals surface area contributed by atoms with Crippen molar-refractivity contribution in [3.05, 3.63) is 66.1 Å². The molecule has 0 amide bonds. The zero-order chi connectivity index (χ0) is 21.4. The van der Waals surface area contributed by atoms with Crippen molar-refractivity contribution in [2.24, 2.45) is 0 Å². The number of rotatable bonds is 5. The van der Waals surface area contributed by atoms with Gasteiger partial charge < -0.3 is 9.47 Å². The topological polar surface area (TPSA) is 116 Å². The number of methoxy groups -OCH3 is 2. The van der Waals surface area contributed by atoms with Crippen molar-refractivity contribution in [2.45, 2.75) is 0 Å². The first kappa shape index (κ1) is 18.6. The molecule has 9 heteroatoms. The number of para-hydroxylation sites is 1. The molecular weight excluding hydrogens is 396 g/mol. The summed E-state index contributed by atoms with van der Waals surface area (Å²) in [5.74, 6) is 1.09. The van der Waals surface area contributed by atoms with E-state index >= 15 is 0 Å². The molecule has 0 saturated heterocycles. The highest BCUT2D eigenvalue weighted by Crippen LogP contribution is 2.37. The third-order valence-corrected chi connectivity index (χ3v) is 5.05. The second-order valence-corrected chi connectivity index (χ2v) is 6.75. The van der Waals surface area contributed by atoms with Gasteiger partial charge in [0, 0.05) is 39.7 Å². The first-order valence-electron chi connectivity index (χ1n) is 9.37. The standard InChI is InChI=1S/C22H16N6O3/c1-30-18-8-14-15(9-19(18)31-2)20(24-11-16(14)22-25-27-28-26-22)21(29)13-7-12-5-3-4-6-17(12)23-10-13/h3-11H,1-2H3,(H,25,26,27,28). The Labute approximate surface area is 176 Å². The van der Waals surface area contributed by atoms with E-state index in [0.29, 0.717) is 39.2 Å². The van der Waals surface area contributed by atoms with Gasteiger partial charge in [0.1, 0.15) is 5.69 Å². The molecule has 0 radical (unpaired) electrons. The van der Waals surface area contributed by atoms with E-state index < -0.39 is 0 Å². The number of H-pyrrole nitrogens is 1. The predicted molar refractivity (Wildman–Crippen MR) is 113 cm³/mol. The van der Waals surface area contributed by atoms with Crippen LogP contribution in [0.4, 0.5) is 0 Å². The molecule has 31 heavy (non-hydrogen) atoms. The van der Waals surface area contributed by atoms with Crippen LogP contribution in [0.5, 0.6) is 11.5 Å². The van der Waals surface area contributed by atoms with E-state index in [2.05, 4.69) is 30.6 Å². The summed E-state index contributed by atoms with van der Waals surface area (Å²) in [6.45, 7) is 0. The third-order valence-electron chi connectivity index (χ3n) is 5.05. The first-order chi connectivity index (χ1) is 15.2. The number of carbonyl (C=O) groups excluding carboxylic acids is 1. The summed E-state index contributed by atoms with van der Waals surface area (Å²) in [6, 6.07) is 12.9. The van der Waals surface area contributed by atoms with E-state index in [4.69, 9.17) is 9.47 Å². The number of ether oxygens (including phenoxy) is 2. The molecule has 152 valence electrons. The predicted octanol–water partition coefficient (Wildman–Crippen LogP) is 3.21. The van der Waals surface area contributed by atoms with Gasteiger partial charge in [0.05, 0.1) is 19.7 Å². The largest absolute Gasteiger partial charge is 0.493 e. The average Bonchev–Trinajstić information content (AvgIpc) is 3.36. The molecule has 2 aromatic carbocycles. The molecule has 0 unspecified atom stereocenters. The maximum Gasteiger partial charge on any atom is 0.213 e. The van der Waals surface area contributed by atoms with Gasteiger partial charge in [-0.15, -0.1) is 10.2 Å². The van der Waals surface area contributed by atoms with Crippen molar-refractivity contribution >= 4 is 27.5 Å². The van der Waals surface area contributed by atoms with Crippen LogP contribution < -0.4 is 9.47 Å². The molecule has 0 aliphatic rings. The fraction of sp³-hybridized carbons (Fsp3) is 0.0909. The first-order valence-corrected chi connectivity index (χ1v) is 9.37. The van der Waals surface area contributed by atoms with Crippen LogP contribution in [0.25, 0.3) is 33.1 Å². The van der Waals surface area contributed by atoms with Crippen molar-refractivity contribution in [3.63, 3.8) is 0 Å². The SMILES string of the molecule is COc1cc2c(-c3nn[nH]n3)cnc(C(=O)c3cnc4ccccc4c3)c2cc1OC. The molecule has 0 aliphatic heterocycles. The number of aromatic amines is 1. The van der Waals surface area contributed by atoms with Crippen LogP contribution in [0.2, 0.25) is 0 Å². The lowest BCUT2D eigenvalue weighted by Crippen LogP contribution is -2.07. The maximum absolute atomic E-state index is 13.4. The number of hydrogen-bond donors (Lipinski definition) is 1. The van der Waals surface area contributed by atoms with Gasteiger partial charge in [-0.1, -0.05) is 18.2 Å². The lowest BCUT2D eigenvalue weighted by atomic mass is 9.99. The number of nitrogens with one attached hydrogen (secondary N) is 1. The Morgan fingerprint density at radius 1 is 0.935 bits per heavy atom. The van der Waals surface area contributed by atoms with Crippen molar-refractivity contribution in [2.75, 3.05) is 14.2 Å². The summed E-state index contributed by atoms with van der Waals surface area (Å²) in [4.78, 5) is 22.3. The highest BCUT2D eigenvalue weighted by atomic mass is 16.5. The number of fused-ring (bicyclic) bond motifs is 2. The quantitative estimate of drug-likeness (QED) is 0.438. The molecule has 1 N–H and O–H groups in total. The monoisotopic (exact) mass is 412 g/mol. The average molecular weight is 412 g/mol. The summed E-state index contributed by atoms with van der Waals surface area (Å²) in [7, 11) is 3.08. The van der Waals surface area contributed by atoms with Gasteiger partial charge in [-0.25, -0.2) is 0 Å². The smallest absolute Gasteiger partial charge is 0.213 e. The van der Waals surface area contributed by atoms with E-state index in [9.17, 15) is 4.79 Å². The molecule has 3 aromatic heterocycles. The Hall–Kier alpha value is -4.40. The number of ketones is 1. The van der Waals surface area contributed by atoms with Crippen molar-refractivity contribution in [1.82, 2.24) is 30.6 Å². The van der Waals surface area contributed by atoms with Crippen LogP contribution >= 0.6 is 0 Å². The van der Waals surface area contributed by atoms with E-state index in [-0.39, 0.29) is 11.5 Å². The minimum Gasteiger partial charge on any atom is -0.493 e. The number of carbonyl (C=O) groups is 1. The summed E-state index contributed by atoms with van der Waals surface area (Å²) in [5, 5.41) is 16.3. The van der Waals surface area contributed by atoms with Gasteiger partial charge in [0.15, 0.2) is 11.5 Å². The Morgan fingerprint density at radius 2 is 1.71 bits per heavy atom. The number of aromatic nitrogens is 6. The maximum atomic E-state index is 13.4. The fourth-order valence-electron chi connectivity index (χ4n) is 3.53. The highest BCUT2D eigenvalue weighted by Gasteiger charge is 2.21. The molecule has 3 heterocycles. The molecule has 5 rings (SSSR count). The molecule has 0 aliphatic carbocycles. The number of nitrogens with zero attached hydrogens (tertiary/aromatic N) is 5. The number of hydrogen-bond acceptors (Lipinski definition) is 8. The van der Waals surface area contributed by atoms with Gasteiger partial charge in [-0.2, -0.15) is 5.21 Å². The van der Waals surface area contributed by atoms with Gasteiger partial charge in [-0.05, 0) is 29.5 Å². The Morgan fingerprint density at radius 3 is 2.45 bits per heavy atom. The molecule has 0 saturated carbocycles. The molecule has 5 aromatic rings. The molecule has 9 nitrogen and oxygen atoms in total. The van der Waals surface area contributed by atoms with Crippen LogP contribution in [0, 0.1) is 0 Å². The highest BCUT2D eigenvalue weighted by molar-refractivity contribution is 6.17. The van der Waals surface area contributed by atoms with Crippen LogP contribution in [-0.4, -0.2) is 50.6 Å². The van der Waals surface area contributed by atoms with Crippen LogP contribution in [0.15, 0.2) is 54.9 Å². The Kier molecular flexibility index (Phi) is 4.47. The van der Waals surface area contributed by atoms with Gasteiger partial charge in [-0.3, -0.25) is 14.8 Å². The third kappa shape index (κ3) is 3.12. The summed E-state index contributed by atoms with van der Waals surface area (Å²) in [5.41, 5.74) is 2.13. The Bertz CT molecular complexity index is 1430. The van der Waals surface area contributed by atoms with Gasteiger partial charge in [0.25, 0.3) is 0 Å². The summed E-state index contributed by atoms with van der Waals surface area (Å²) < 4.78 is 10.9.